The van der Waals surface area contributed by atoms with E-state index >= 15 is 0 Å². The molecule has 1 aromatic heterocycles. The lowest BCUT2D eigenvalue weighted by atomic mass is 10.0. The fourth-order valence-electron chi connectivity index (χ4n) is 3.84. The lowest BCUT2D eigenvalue weighted by Crippen LogP contribution is -2.32. The second-order valence-electron chi connectivity index (χ2n) is 7.83. The standard InChI is InChI=1S/C26H25FN2O5/c1-32-23-15-18(21-4-3-5-24(28-21)33-2)14-19-16-29(12-13-34-26(19)23)25(31)11-10-22(30)17-6-8-20(27)9-7-17/h3-9,14-15H,10-13,16H2,1-2H3. The highest BCUT2D eigenvalue weighted by Gasteiger charge is 2.24. The highest BCUT2D eigenvalue weighted by atomic mass is 19.1. The molecule has 0 bridgehead atoms. The molecule has 1 aliphatic rings. The number of aromatic nitrogens is 1. The van der Waals surface area contributed by atoms with E-state index in [1.54, 1.807) is 25.2 Å². The largest absolute Gasteiger partial charge is 0.493 e. The minimum absolute atomic E-state index is 0.0474. The van der Waals surface area contributed by atoms with E-state index in [9.17, 15) is 14.0 Å². The molecule has 0 atom stereocenters. The number of ketones is 1. The molecule has 1 aliphatic heterocycles. The number of ether oxygens (including phenoxy) is 3. The quantitative estimate of drug-likeness (QED) is 0.486. The SMILES string of the molecule is COc1cccc(-c2cc3c(c(OC)c2)OCCN(C(=O)CCC(=O)c2ccc(F)cc2)C3)n1. The van der Waals surface area contributed by atoms with Crippen LogP contribution in [0.25, 0.3) is 11.3 Å². The van der Waals surface area contributed by atoms with Gasteiger partial charge in [-0.15, -0.1) is 0 Å². The molecular weight excluding hydrogens is 439 g/mol. The van der Waals surface area contributed by atoms with Crippen molar-refractivity contribution >= 4 is 11.7 Å². The van der Waals surface area contributed by atoms with Crippen molar-refractivity contribution in [3.8, 4) is 28.6 Å². The van der Waals surface area contributed by atoms with Crippen LogP contribution in [0.1, 0.15) is 28.8 Å². The number of rotatable bonds is 7. The van der Waals surface area contributed by atoms with Crippen molar-refractivity contribution in [1.82, 2.24) is 9.88 Å². The van der Waals surface area contributed by atoms with Crippen molar-refractivity contribution in [2.75, 3.05) is 27.4 Å². The van der Waals surface area contributed by atoms with E-state index in [0.29, 0.717) is 48.3 Å². The van der Waals surface area contributed by atoms with Crippen molar-refractivity contribution in [2.24, 2.45) is 0 Å². The normalized spacial score (nSPS) is 12.9. The Morgan fingerprint density at radius 3 is 2.59 bits per heavy atom. The first-order valence-electron chi connectivity index (χ1n) is 10.9. The van der Waals surface area contributed by atoms with Crippen LogP contribution in [0.5, 0.6) is 17.4 Å². The maximum atomic E-state index is 13.1. The zero-order valence-corrected chi connectivity index (χ0v) is 19.0. The van der Waals surface area contributed by atoms with Gasteiger partial charge in [-0.1, -0.05) is 6.07 Å². The number of Topliss-reactive ketones (excluding diaryl/α,β-unsaturated/α-hetero) is 1. The summed E-state index contributed by atoms with van der Waals surface area (Å²) in [4.78, 5) is 31.5. The predicted octanol–water partition coefficient (Wildman–Crippen LogP) is 4.29. The van der Waals surface area contributed by atoms with Gasteiger partial charge in [-0.2, -0.15) is 0 Å². The molecule has 0 radical (unpaired) electrons. The van der Waals surface area contributed by atoms with Crippen molar-refractivity contribution < 1.29 is 28.2 Å². The van der Waals surface area contributed by atoms with Crippen molar-refractivity contribution in [2.45, 2.75) is 19.4 Å². The van der Waals surface area contributed by atoms with Gasteiger partial charge in [-0.05, 0) is 42.5 Å². The summed E-state index contributed by atoms with van der Waals surface area (Å²) >= 11 is 0. The van der Waals surface area contributed by atoms with Gasteiger partial charge < -0.3 is 19.1 Å². The Hall–Kier alpha value is -3.94. The maximum absolute atomic E-state index is 13.1. The van der Waals surface area contributed by atoms with E-state index in [0.717, 1.165) is 11.1 Å². The van der Waals surface area contributed by atoms with Crippen LogP contribution < -0.4 is 14.2 Å². The number of nitrogens with zero attached hydrogens (tertiary/aromatic N) is 2. The number of carbonyl (C=O) groups is 2. The molecule has 1 amide bonds. The Labute approximate surface area is 197 Å². The van der Waals surface area contributed by atoms with Crippen molar-refractivity contribution in [3.63, 3.8) is 0 Å². The highest BCUT2D eigenvalue weighted by Crippen LogP contribution is 2.38. The lowest BCUT2D eigenvalue weighted by Gasteiger charge is -2.20. The summed E-state index contributed by atoms with van der Waals surface area (Å²) < 4.78 is 29.8. The third-order valence-electron chi connectivity index (χ3n) is 5.63. The third-order valence-corrected chi connectivity index (χ3v) is 5.63. The fraction of sp³-hybridized carbons (Fsp3) is 0.269. The number of carbonyl (C=O) groups excluding carboxylic acids is 2. The fourth-order valence-corrected chi connectivity index (χ4v) is 3.84. The van der Waals surface area contributed by atoms with Gasteiger partial charge in [-0.25, -0.2) is 9.37 Å². The molecule has 34 heavy (non-hydrogen) atoms. The maximum Gasteiger partial charge on any atom is 0.223 e. The first-order chi connectivity index (χ1) is 16.5. The van der Waals surface area contributed by atoms with Gasteiger partial charge in [-0.3, -0.25) is 9.59 Å². The van der Waals surface area contributed by atoms with E-state index in [4.69, 9.17) is 14.2 Å². The van der Waals surface area contributed by atoms with Crippen LogP contribution in [0, 0.1) is 5.82 Å². The van der Waals surface area contributed by atoms with Crippen LogP contribution in [0.15, 0.2) is 54.6 Å². The van der Waals surface area contributed by atoms with Crippen LogP contribution in [0.3, 0.4) is 0 Å². The van der Waals surface area contributed by atoms with Crippen LogP contribution >= 0.6 is 0 Å². The van der Waals surface area contributed by atoms with Crippen molar-refractivity contribution in [3.05, 3.63) is 71.5 Å². The molecule has 4 rings (SSSR count). The number of benzene rings is 2. The van der Waals surface area contributed by atoms with Gasteiger partial charge in [0.15, 0.2) is 17.3 Å². The molecule has 0 fully saturated rings. The molecule has 2 heterocycles. The first-order valence-corrected chi connectivity index (χ1v) is 10.9. The van der Waals surface area contributed by atoms with Gasteiger partial charge in [0.1, 0.15) is 12.4 Å². The summed E-state index contributed by atoms with van der Waals surface area (Å²) in [6.45, 7) is 0.999. The summed E-state index contributed by atoms with van der Waals surface area (Å²) in [5, 5.41) is 0. The Kier molecular flexibility index (Phi) is 7.06. The topological polar surface area (TPSA) is 78.0 Å². The molecule has 0 saturated heterocycles. The van der Waals surface area contributed by atoms with Crippen LogP contribution in [-0.4, -0.2) is 48.9 Å². The number of methoxy groups -OCH3 is 2. The summed E-state index contributed by atoms with van der Waals surface area (Å²) in [7, 11) is 3.12. The molecule has 0 aliphatic carbocycles. The van der Waals surface area contributed by atoms with Crippen molar-refractivity contribution in [1.29, 1.82) is 0 Å². The van der Waals surface area contributed by atoms with Gasteiger partial charge in [0.05, 0.1) is 26.5 Å². The molecule has 0 unspecified atom stereocenters. The minimum atomic E-state index is -0.408. The number of halogens is 1. The zero-order valence-electron chi connectivity index (χ0n) is 19.0. The summed E-state index contributed by atoms with van der Waals surface area (Å²) in [6.07, 6.45) is 0.103. The number of fused-ring (bicyclic) bond motifs is 1. The molecule has 0 N–H and O–H groups in total. The Morgan fingerprint density at radius 1 is 1.06 bits per heavy atom. The zero-order chi connectivity index (χ0) is 24.1. The Morgan fingerprint density at radius 2 is 1.85 bits per heavy atom. The van der Waals surface area contributed by atoms with Gasteiger partial charge in [0, 0.05) is 42.1 Å². The van der Waals surface area contributed by atoms with Gasteiger partial charge in [0.25, 0.3) is 0 Å². The second kappa shape index (κ2) is 10.3. The van der Waals surface area contributed by atoms with Gasteiger partial charge >= 0.3 is 0 Å². The molecule has 2 aromatic carbocycles. The van der Waals surface area contributed by atoms with E-state index in [-0.39, 0.29) is 24.5 Å². The molecule has 8 heteroatoms. The summed E-state index contributed by atoms with van der Waals surface area (Å²) in [5.41, 5.74) is 2.68. The molecule has 7 nitrogen and oxygen atoms in total. The van der Waals surface area contributed by atoms with E-state index in [1.165, 1.54) is 24.3 Å². The lowest BCUT2D eigenvalue weighted by molar-refractivity contribution is -0.131. The average Bonchev–Trinajstić information content (AvgIpc) is 3.09. The second-order valence-corrected chi connectivity index (χ2v) is 7.83. The van der Waals surface area contributed by atoms with Crippen LogP contribution in [0.2, 0.25) is 0 Å². The van der Waals surface area contributed by atoms with E-state index in [2.05, 4.69) is 4.98 Å². The molecule has 3 aromatic rings. The number of pyridine rings is 1. The Bertz CT molecular complexity index is 1200. The minimum Gasteiger partial charge on any atom is -0.493 e. The monoisotopic (exact) mass is 464 g/mol. The van der Waals surface area contributed by atoms with Crippen LogP contribution in [0.4, 0.5) is 4.39 Å². The molecule has 0 spiro atoms. The Balaban J connectivity index is 1.52. The average molecular weight is 464 g/mol. The first kappa shape index (κ1) is 23.2. The summed E-state index contributed by atoms with van der Waals surface area (Å²) in [5.74, 6) is 0.869. The molecule has 0 saturated carbocycles. The number of hydrogen-bond donors (Lipinski definition) is 0. The van der Waals surface area contributed by atoms with E-state index < -0.39 is 5.82 Å². The van der Waals surface area contributed by atoms with Crippen LogP contribution in [-0.2, 0) is 11.3 Å². The number of amides is 1. The summed E-state index contributed by atoms with van der Waals surface area (Å²) in [6, 6.07) is 14.6. The molecular formula is C26H25FN2O5. The third kappa shape index (κ3) is 5.17. The number of hydrogen-bond acceptors (Lipinski definition) is 6. The predicted molar refractivity (Wildman–Crippen MR) is 124 cm³/mol. The van der Waals surface area contributed by atoms with Gasteiger partial charge in [0.2, 0.25) is 11.8 Å². The van der Waals surface area contributed by atoms with E-state index in [1.807, 2.05) is 24.3 Å². The molecule has 176 valence electrons. The highest BCUT2D eigenvalue weighted by molar-refractivity contribution is 5.97. The smallest absolute Gasteiger partial charge is 0.223 e.